The van der Waals surface area contributed by atoms with Gasteiger partial charge in [0.1, 0.15) is 0 Å². The van der Waals surface area contributed by atoms with Gasteiger partial charge in [0, 0.05) is 13.2 Å². The Morgan fingerprint density at radius 3 is 2.93 bits per heavy atom. The summed E-state index contributed by atoms with van der Waals surface area (Å²) < 4.78 is 1.71. The van der Waals surface area contributed by atoms with Crippen molar-refractivity contribution in [1.82, 2.24) is 14.8 Å². The number of nitrogens with zero attached hydrogens (tertiary/aromatic N) is 3. The zero-order valence-electron chi connectivity index (χ0n) is 8.74. The van der Waals surface area contributed by atoms with Crippen LogP contribution in [0, 0.1) is 0 Å². The molecule has 2 heterocycles. The number of hydrogen-bond donors (Lipinski definition) is 1. The normalized spacial score (nSPS) is 13.3. The van der Waals surface area contributed by atoms with Gasteiger partial charge in [0.25, 0.3) is 0 Å². The van der Waals surface area contributed by atoms with Crippen LogP contribution in [0.15, 0.2) is 12.4 Å². The second-order valence-corrected chi connectivity index (χ2v) is 4.05. The third kappa shape index (κ3) is 1.60. The van der Waals surface area contributed by atoms with Crippen molar-refractivity contribution in [2.45, 2.75) is 12.8 Å². The highest BCUT2D eigenvalue weighted by Gasteiger charge is 2.13. The third-order valence-corrected chi connectivity index (χ3v) is 3.03. The molecule has 1 unspecified atom stereocenters. The number of fused-ring (bicyclic) bond motifs is 1. The maximum Gasteiger partial charge on any atom is 0.158 e. The highest BCUT2D eigenvalue weighted by molar-refractivity contribution is 6.36. The fourth-order valence-electron chi connectivity index (χ4n) is 1.55. The van der Waals surface area contributed by atoms with E-state index >= 15 is 0 Å². The average molecular weight is 225 g/mol. The number of nitrogens with two attached hydrogens (primary N) is 1. The average Bonchev–Trinajstić information content (AvgIpc) is 2.61. The van der Waals surface area contributed by atoms with E-state index in [1.54, 1.807) is 17.1 Å². The fourth-order valence-corrected chi connectivity index (χ4v) is 1.92. The van der Waals surface area contributed by atoms with E-state index in [-0.39, 0.29) is 5.92 Å². The molecule has 4 nitrogen and oxygen atoms in total. The Morgan fingerprint density at radius 1 is 1.53 bits per heavy atom. The molecule has 2 aromatic heterocycles. The number of aromatic nitrogens is 3. The summed E-state index contributed by atoms with van der Waals surface area (Å²) in [4.78, 5) is 4.33. The molecule has 0 aliphatic heterocycles. The third-order valence-electron chi connectivity index (χ3n) is 2.61. The summed E-state index contributed by atoms with van der Waals surface area (Å²) in [6.07, 6.45) is 3.52. The maximum absolute atomic E-state index is 6.28. The zero-order chi connectivity index (χ0) is 11.0. The Morgan fingerprint density at radius 2 is 2.27 bits per heavy atom. The van der Waals surface area contributed by atoms with Crippen molar-refractivity contribution in [2.75, 3.05) is 6.54 Å². The lowest BCUT2D eigenvalue weighted by Crippen LogP contribution is -2.09. The molecule has 0 amide bonds. The lowest BCUT2D eigenvalue weighted by molar-refractivity contribution is 0.766. The van der Waals surface area contributed by atoms with E-state index in [0.29, 0.717) is 11.6 Å². The van der Waals surface area contributed by atoms with Crippen molar-refractivity contribution >= 4 is 22.6 Å². The molecule has 0 fully saturated rings. The van der Waals surface area contributed by atoms with Gasteiger partial charge in [0.15, 0.2) is 5.65 Å². The predicted octanol–water partition coefficient (Wildman–Crippen LogP) is 1.68. The Labute approximate surface area is 93.0 Å². The summed E-state index contributed by atoms with van der Waals surface area (Å²) >= 11 is 6.28. The molecular formula is C10H13ClN4. The van der Waals surface area contributed by atoms with Crippen molar-refractivity contribution in [3.05, 3.63) is 23.0 Å². The second-order valence-electron chi connectivity index (χ2n) is 3.67. The molecule has 2 N–H and O–H groups in total. The lowest BCUT2D eigenvalue weighted by atomic mass is 10.0. The summed E-state index contributed by atoms with van der Waals surface area (Å²) in [5.41, 5.74) is 7.40. The monoisotopic (exact) mass is 224 g/mol. The van der Waals surface area contributed by atoms with Gasteiger partial charge in [-0.2, -0.15) is 5.10 Å². The smallest absolute Gasteiger partial charge is 0.158 e. The SMILES string of the molecule is CC(CN)c1cnc2c(cnn2C)c1Cl. The van der Waals surface area contributed by atoms with E-state index in [2.05, 4.69) is 10.1 Å². The lowest BCUT2D eigenvalue weighted by Gasteiger charge is -2.10. The number of aryl methyl sites for hydroxylation is 1. The van der Waals surface area contributed by atoms with Crippen LogP contribution in [-0.2, 0) is 7.05 Å². The van der Waals surface area contributed by atoms with Crippen LogP contribution in [0.3, 0.4) is 0 Å². The van der Waals surface area contributed by atoms with Gasteiger partial charge in [0.2, 0.25) is 0 Å². The van der Waals surface area contributed by atoms with Gasteiger partial charge in [-0.3, -0.25) is 4.68 Å². The summed E-state index contributed by atoms with van der Waals surface area (Å²) in [5.74, 6) is 0.217. The summed E-state index contributed by atoms with van der Waals surface area (Å²) in [6, 6.07) is 0. The minimum atomic E-state index is 0.217. The van der Waals surface area contributed by atoms with Crippen LogP contribution in [0.2, 0.25) is 5.02 Å². The molecular weight excluding hydrogens is 212 g/mol. The van der Waals surface area contributed by atoms with E-state index in [1.165, 1.54) is 0 Å². The van der Waals surface area contributed by atoms with E-state index in [1.807, 2.05) is 14.0 Å². The van der Waals surface area contributed by atoms with Crippen LogP contribution in [0.5, 0.6) is 0 Å². The van der Waals surface area contributed by atoms with Crippen LogP contribution in [-0.4, -0.2) is 21.3 Å². The molecule has 2 aromatic rings. The van der Waals surface area contributed by atoms with Gasteiger partial charge in [-0.05, 0) is 18.0 Å². The Hall–Kier alpha value is -1.13. The summed E-state index contributed by atoms with van der Waals surface area (Å²) in [7, 11) is 1.84. The van der Waals surface area contributed by atoms with Crippen molar-refractivity contribution in [2.24, 2.45) is 12.8 Å². The molecule has 0 saturated carbocycles. The number of hydrogen-bond acceptors (Lipinski definition) is 3. The van der Waals surface area contributed by atoms with Gasteiger partial charge in [-0.25, -0.2) is 4.98 Å². The summed E-state index contributed by atoms with van der Waals surface area (Å²) in [5, 5.41) is 5.72. The number of pyridine rings is 1. The number of rotatable bonds is 2. The quantitative estimate of drug-likeness (QED) is 0.845. The minimum absolute atomic E-state index is 0.217. The van der Waals surface area contributed by atoms with Gasteiger partial charge in [-0.1, -0.05) is 18.5 Å². The molecule has 80 valence electrons. The van der Waals surface area contributed by atoms with Gasteiger partial charge in [0.05, 0.1) is 16.6 Å². The van der Waals surface area contributed by atoms with Crippen molar-refractivity contribution < 1.29 is 0 Å². The summed E-state index contributed by atoms with van der Waals surface area (Å²) in [6.45, 7) is 2.60. The van der Waals surface area contributed by atoms with Gasteiger partial charge >= 0.3 is 0 Å². The predicted molar refractivity (Wildman–Crippen MR) is 61.0 cm³/mol. The van der Waals surface area contributed by atoms with Crippen molar-refractivity contribution in [1.29, 1.82) is 0 Å². The molecule has 0 bridgehead atoms. The van der Waals surface area contributed by atoms with E-state index in [4.69, 9.17) is 17.3 Å². The Bertz CT molecular complexity index is 491. The highest BCUT2D eigenvalue weighted by Crippen LogP contribution is 2.29. The molecule has 0 saturated heterocycles. The topological polar surface area (TPSA) is 56.7 Å². The van der Waals surface area contributed by atoms with E-state index in [9.17, 15) is 0 Å². The van der Waals surface area contributed by atoms with Crippen molar-refractivity contribution in [3.63, 3.8) is 0 Å². The molecule has 0 aliphatic rings. The van der Waals surface area contributed by atoms with E-state index < -0.39 is 0 Å². The number of halogens is 1. The first-order valence-electron chi connectivity index (χ1n) is 4.81. The minimum Gasteiger partial charge on any atom is -0.330 e. The van der Waals surface area contributed by atoms with E-state index in [0.717, 1.165) is 16.6 Å². The van der Waals surface area contributed by atoms with Gasteiger partial charge in [-0.15, -0.1) is 0 Å². The Kier molecular flexibility index (Phi) is 2.63. The van der Waals surface area contributed by atoms with Crippen LogP contribution in [0.1, 0.15) is 18.4 Å². The molecule has 0 radical (unpaired) electrons. The molecule has 1 atom stereocenters. The standard InChI is InChI=1S/C10H13ClN4/c1-6(3-12)7-4-13-10-8(9(7)11)5-14-15(10)2/h4-6H,3,12H2,1-2H3. The van der Waals surface area contributed by atoms with Crippen LogP contribution in [0.25, 0.3) is 11.0 Å². The highest BCUT2D eigenvalue weighted by atomic mass is 35.5. The van der Waals surface area contributed by atoms with Gasteiger partial charge < -0.3 is 5.73 Å². The maximum atomic E-state index is 6.28. The molecule has 15 heavy (non-hydrogen) atoms. The van der Waals surface area contributed by atoms with Crippen LogP contribution < -0.4 is 5.73 Å². The molecule has 2 rings (SSSR count). The first-order chi connectivity index (χ1) is 7.15. The fraction of sp³-hybridized carbons (Fsp3) is 0.400. The Balaban J connectivity index is 2.65. The first kappa shape index (κ1) is 10.4. The van der Waals surface area contributed by atoms with Crippen LogP contribution >= 0.6 is 11.6 Å². The molecule has 0 spiro atoms. The largest absolute Gasteiger partial charge is 0.330 e. The van der Waals surface area contributed by atoms with Crippen LogP contribution in [0.4, 0.5) is 0 Å². The second kappa shape index (κ2) is 3.79. The zero-order valence-corrected chi connectivity index (χ0v) is 9.49. The molecule has 0 aromatic carbocycles. The first-order valence-corrected chi connectivity index (χ1v) is 5.19. The molecule has 5 heteroatoms. The van der Waals surface area contributed by atoms with Crippen molar-refractivity contribution in [3.8, 4) is 0 Å². The molecule has 0 aliphatic carbocycles.